The molecule has 4 atom stereocenters. The molecule has 4 heterocycles. The maximum absolute atomic E-state index is 10.9. The Morgan fingerprint density at radius 2 is 1.82 bits per heavy atom. The number of nitrogens with zero attached hydrogens (tertiary/aromatic N) is 6. The Bertz CT molecular complexity index is 1530. The van der Waals surface area contributed by atoms with Gasteiger partial charge in [0, 0.05) is 25.0 Å². The number of anilines is 1. The first-order valence-corrected chi connectivity index (χ1v) is 14.7. The molecule has 44 heavy (non-hydrogen) atoms. The summed E-state index contributed by atoms with van der Waals surface area (Å²) in [5.74, 6) is 1.95. The maximum atomic E-state index is 10.9. The van der Waals surface area contributed by atoms with Gasteiger partial charge >= 0.3 is 0 Å². The lowest BCUT2D eigenvalue weighted by Gasteiger charge is -2.46. The predicted octanol–water partition coefficient (Wildman–Crippen LogP) is 0.849. The molecule has 14 nitrogen and oxygen atoms in total. The van der Waals surface area contributed by atoms with Gasteiger partial charge in [-0.1, -0.05) is 26.8 Å². The third-order valence-electron chi connectivity index (χ3n) is 8.92. The lowest BCUT2D eigenvalue weighted by molar-refractivity contribution is -0.0620. The maximum Gasteiger partial charge on any atom is 0.167 e. The van der Waals surface area contributed by atoms with Crippen molar-refractivity contribution >= 4 is 28.0 Å². The molecule has 2 fully saturated rings. The Hall–Kier alpha value is -3.24. The highest BCUT2D eigenvalue weighted by atomic mass is 16.6. The predicted molar refractivity (Wildman–Crippen MR) is 168 cm³/mol. The van der Waals surface area contributed by atoms with Gasteiger partial charge in [-0.25, -0.2) is 19.9 Å². The van der Waals surface area contributed by atoms with E-state index in [1.807, 2.05) is 0 Å². The zero-order chi connectivity index (χ0) is 29.1. The number of imidazole rings is 2. The molecule has 2 aliphatic rings. The molecule has 3 aromatic heterocycles. The molecule has 1 aliphatic carbocycles. The van der Waals surface area contributed by atoms with Gasteiger partial charge in [0.15, 0.2) is 17.7 Å². The topological polar surface area (TPSA) is 246 Å². The van der Waals surface area contributed by atoms with Crippen molar-refractivity contribution in [3.8, 4) is 0 Å². The number of hydrogen-bond donors (Lipinski definition) is 4. The van der Waals surface area contributed by atoms with Crippen LogP contribution in [0.15, 0.2) is 30.9 Å². The number of H-pyrrole nitrogens is 1. The average Bonchev–Trinajstić information content (AvgIpc) is 3.58. The van der Waals surface area contributed by atoms with Gasteiger partial charge in [0.05, 0.1) is 17.4 Å². The van der Waals surface area contributed by atoms with E-state index in [1.165, 1.54) is 18.2 Å². The number of aliphatic hydroxyl groups excluding tert-OH is 2. The van der Waals surface area contributed by atoms with E-state index in [1.54, 1.807) is 4.57 Å². The highest BCUT2D eigenvalue weighted by Gasteiger charge is 2.46. The number of aromatic amines is 1. The number of nitrogens with two attached hydrogens (primary N) is 1. The molecule has 6 rings (SSSR count). The number of aryl methyl sites for hydroxylation is 1. The zero-order valence-corrected chi connectivity index (χ0v) is 26.0. The van der Waals surface area contributed by atoms with Crippen LogP contribution in [0, 0.1) is 5.92 Å². The summed E-state index contributed by atoms with van der Waals surface area (Å²) in [5, 5.41) is 21.8. The first-order valence-electron chi connectivity index (χ1n) is 14.7. The number of nitrogen functional groups attached to an aromatic ring is 1. The fourth-order valence-electron chi connectivity index (χ4n) is 6.35. The first kappa shape index (κ1) is 35.2. The van der Waals surface area contributed by atoms with E-state index in [9.17, 15) is 10.2 Å². The fourth-order valence-corrected chi connectivity index (χ4v) is 6.35. The molecular formula is C30H48N8O6. The van der Waals surface area contributed by atoms with Crippen LogP contribution < -0.4 is 5.73 Å². The van der Waals surface area contributed by atoms with Gasteiger partial charge in [-0.2, -0.15) is 0 Å². The molecule has 1 saturated carbocycles. The lowest BCUT2D eigenvalue weighted by atomic mass is 9.76. The molecular weight excluding hydrogens is 568 g/mol. The molecule has 0 radical (unpaired) electrons. The fraction of sp³-hybridized carbons (Fsp3) is 0.600. The van der Waals surface area contributed by atoms with E-state index in [2.05, 4.69) is 77.7 Å². The number of hydrogen-bond acceptors (Lipinski definition) is 9. The molecule has 4 aromatic rings. The van der Waals surface area contributed by atoms with Gasteiger partial charge in [0.25, 0.3) is 0 Å². The highest BCUT2D eigenvalue weighted by molar-refractivity contribution is 5.81. The first-order chi connectivity index (χ1) is 19.5. The van der Waals surface area contributed by atoms with Gasteiger partial charge < -0.3 is 42.1 Å². The van der Waals surface area contributed by atoms with Crippen molar-refractivity contribution < 1.29 is 31.4 Å². The summed E-state index contributed by atoms with van der Waals surface area (Å²) >= 11 is 0. The average molecular weight is 617 g/mol. The van der Waals surface area contributed by atoms with E-state index >= 15 is 0 Å². The number of benzene rings is 1. The summed E-state index contributed by atoms with van der Waals surface area (Å²) in [6.45, 7) is 11.6. The van der Waals surface area contributed by atoms with Gasteiger partial charge in [0.2, 0.25) is 0 Å². The van der Waals surface area contributed by atoms with E-state index in [0.29, 0.717) is 29.7 Å². The third kappa shape index (κ3) is 6.56. The summed E-state index contributed by atoms with van der Waals surface area (Å²) in [7, 11) is 0. The van der Waals surface area contributed by atoms with Crippen LogP contribution in [0.3, 0.4) is 0 Å². The molecule has 11 N–H and O–H groups in total. The Morgan fingerprint density at radius 3 is 2.50 bits per heavy atom. The molecule has 14 heteroatoms. The van der Waals surface area contributed by atoms with Crippen LogP contribution >= 0.6 is 0 Å². The van der Waals surface area contributed by atoms with Gasteiger partial charge in [0.1, 0.15) is 36.0 Å². The van der Waals surface area contributed by atoms with Crippen LogP contribution in [0.2, 0.25) is 0 Å². The Morgan fingerprint density at radius 1 is 1.09 bits per heavy atom. The quantitative estimate of drug-likeness (QED) is 0.219. The summed E-state index contributed by atoms with van der Waals surface area (Å²) in [6.07, 6.45) is 3.63. The van der Waals surface area contributed by atoms with Crippen LogP contribution in [0.4, 0.5) is 5.82 Å². The number of fused-ring (bicyclic) bond motifs is 2. The standard InChI is InChI=1S/C30H42N8O3.3H2O/c1-16(2)37(13-22-25(39)26(40)29(41-22)38-15-34-24-27(31)32-14-33-28(24)38)19-10-17(11-19)6-9-23-35-20-8-7-18(30(3,4)5)12-21(20)36-23;;;/h7-8,12,14-17,19,22,25-26,29,39-40H,6,9-11,13H2,1-5H3,(H,35,36)(H2,31,32,33);3*1H2. The highest BCUT2D eigenvalue weighted by Crippen LogP contribution is 2.38. The summed E-state index contributed by atoms with van der Waals surface area (Å²) in [4.78, 5) is 23.3. The Balaban J connectivity index is 0.00000176. The summed E-state index contributed by atoms with van der Waals surface area (Å²) in [5.41, 5.74) is 10.4. The van der Waals surface area contributed by atoms with Gasteiger partial charge in [-0.05, 0) is 62.1 Å². The van der Waals surface area contributed by atoms with Crippen molar-refractivity contribution in [2.24, 2.45) is 5.92 Å². The molecule has 0 amide bonds. The van der Waals surface area contributed by atoms with Crippen molar-refractivity contribution in [2.45, 2.75) is 102 Å². The normalized spacial score (nSPS) is 25.1. The number of ether oxygens (including phenoxy) is 1. The largest absolute Gasteiger partial charge is 0.412 e. The van der Waals surface area contributed by atoms with Crippen LogP contribution in [0.25, 0.3) is 22.2 Å². The van der Waals surface area contributed by atoms with E-state index in [4.69, 9.17) is 15.5 Å². The SMILES string of the molecule is CC(C)N(CC1OC(n2cnc3c(N)ncnc32)C(O)C1O)C1CC(CCc2nc3cc(C(C)(C)C)ccc3[nH]2)C1.O.O.O. The zero-order valence-electron chi connectivity index (χ0n) is 26.0. The van der Waals surface area contributed by atoms with Crippen LogP contribution in [-0.4, -0.2) is 98.0 Å². The monoisotopic (exact) mass is 616 g/mol. The van der Waals surface area contributed by atoms with Crippen molar-refractivity contribution in [3.05, 3.63) is 42.2 Å². The Labute approximate surface area is 256 Å². The molecule has 4 unspecified atom stereocenters. The second-order valence-corrected chi connectivity index (χ2v) is 13.1. The minimum Gasteiger partial charge on any atom is -0.412 e. The number of rotatable bonds is 8. The summed E-state index contributed by atoms with van der Waals surface area (Å²) < 4.78 is 7.86. The molecule has 244 valence electrons. The number of aliphatic hydroxyl groups is 2. The van der Waals surface area contributed by atoms with Crippen molar-refractivity contribution in [1.82, 2.24) is 34.4 Å². The molecule has 1 saturated heterocycles. The van der Waals surface area contributed by atoms with Crippen molar-refractivity contribution in [2.75, 3.05) is 12.3 Å². The van der Waals surface area contributed by atoms with Gasteiger partial charge in [-0.15, -0.1) is 0 Å². The second-order valence-electron chi connectivity index (χ2n) is 13.1. The number of aromatic nitrogens is 6. The molecule has 1 aliphatic heterocycles. The molecule has 1 aromatic carbocycles. The van der Waals surface area contributed by atoms with Crippen LogP contribution in [0.1, 0.15) is 71.5 Å². The minimum atomic E-state index is -1.11. The van der Waals surface area contributed by atoms with E-state index in [0.717, 1.165) is 42.5 Å². The molecule has 0 bridgehead atoms. The second kappa shape index (κ2) is 13.4. The van der Waals surface area contributed by atoms with Crippen molar-refractivity contribution in [1.29, 1.82) is 0 Å². The van der Waals surface area contributed by atoms with Crippen LogP contribution in [-0.2, 0) is 16.6 Å². The summed E-state index contributed by atoms with van der Waals surface area (Å²) in [6, 6.07) is 7.23. The van der Waals surface area contributed by atoms with E-state index in [-0.39, 0.29) is 33.7 Å². The van der Waals surface area contributed by atoms with E-state index < -0.39 is 24.5 Å². The molecule has 0 spiro atoms. The number of nitrogens with one attached hydrogen (secondary N) is 1. The van der Waals surface area contributed by atoms with Gasteiger partial charge in [-0.3, -0.25) is 9.47 Å². The van der Waals surface area contributed by atoms with Crippen molar-refractivity contribution in [3.63, 3.8) is 0 Å². The van der Waals surface area contributed by atoms with Crippen LogP contribution in [0.5, 0.6) is 0 Å². The third-order valence-corrected chi connectivity index (χ3v) is 8.92. The minimum absolute atomic E-state index is 0. The smallest absolute Gasteiger partial charge is 0.167 e. The lowest BCUT2D eigenvalue weighted by Crippen LogP contribution is -2.52. The Kier molecular flexibility index (Phi) is 10.7.